The monoisotopic (exact) mass is 949 g/mol. The number of hydrogen-bond acceptors (Lipinski definition) is 12. The van der Waals surface area contributed by atoms with Crippen molar-refractivity contribution in [2.45, 2.75) is 122 Å². The zero-order valence-corrected chi connectivity index (χ0v) is 39.7. The van der Waals surface area contributed by atoms with E-state index in [9.17, 15) is 53.4 Å². The van der Waals surface area contributed by atoms with Gasteiger partial charge in [0.25, 0.3) is 0 Å². The molecule has 0 aliphatic heterocycles. The number of H-pyrrole nitrogens is 1. The lowest BCUT2D eigenvalue weighted by Gasteiger charge is -2.29. The van der Waals surface area contributed by atoms with Crippen LogP contribution in [0.1, 0.15) is 79.2 Å². The Kier molecular flexibility index (Phi) is 23.9. The standard InChI is InChI=1S/C43H67N9O11S2/c1-22(2)16-30(47-34(53)20-46-37(56)27(44)14-15-65-7)41(60)52-36(24(5)6)42(61)50-31(17-23(3)4)39(58)48-29(12-13-35(54)55)38(57)49-32(40(59)51-33(21-64)43(62)63)18-25-19-45-28-11-9-8-10-26(25)28/h8-11,19,22-24,27,29-33,36,45,64H,12-18,20-21,44H2,1-7H3,(H,46,56)(H,47,53)(H,48,58)(H,49,57)(H,50,61)(H,51,59)(H,52,60)(H,54,55)(H,62,63)/t27-,29-,30-,31-,32-,33-,36-/m0/s1. The summed E-state index contributed by atoms with van der Waals surface area (Å²) in [6, 6.07) is -1.61. The van der Waals surface area contributed by atoms with Gasteiger partial charge in [-0.3, -0.25) is 38.4 Å². The van der Waals surface area contributed by atoms with Crippen LogP contribution in [0.2, 0.25) is 0 Å². The molecule has 0 spiro atoms. The van der Waals surface area contributed by atoms with Gasteiger partial charge >= 0.3 is 11.9 Å². The first-order valence-corrected chi connectivity index (χ1v) is 23.5. The van der Waals surface area contributed by atoms with Crippen LogP contribution in [-0.4, -0.2) is 135 Å². The van der Waals surface area contributed by atoms with Crippen molar-refractivity contribution in [3.8, 4) is 0 Å². The minimum atomic E-state index is -1.54. The lowest BCUT2D eigenvalue weighted by atomic mass is 9.98. The largest absolute Gasteiger partial charge is 0.481 e. The number of thioether (sulfide) groups is 1. The van der Waals surface area contributed by atoms with Gasteiger partial charge in [-0.25, -0.2) is 4.79 Å². The van der Waals surface area contributed by atoms with Gasteiger partial charge in [0.05, 0.1) is 12.6 Å². The molecule has 12 N–H and O–H groups in total. The van der Waals surface area contributed by atoms with Crippen molar-refractivity contribution in [2.75, 3.05) is 24.3 Å². The summed E-state index contributed by atoms with van der Waals surface area (Å²) in [4.78, 5) is 121. The maximum absolute atomic E-state index is 14.0. The molecule has 65 heavy (non-hydrogen) atoms. The van der Waals surface area contributed by atoms with Crippen LogP contribution in [-0.2, 0) is 49.6 Å². The number of rotatable bonds is 29. The highest BCUT2D eigenvalue weighted by molar-refractivity contribution is 7.98. The molecular formula is C43H67N9O11S2. The molecule has 1 heterocycles. The normalized spacial score (nSPS) is 14.6. The molecule has 362 valence electrons. The Bertz CT molecular complexity index is 1960. The maximum atomic E-state index is 14.0. The molecule has 22 heteroatoms. The fourth-order valence-electron chi connectivity index (χ4n) is 6.64. The molecule has 2 aromatic rings. The molecule has 7 amide bonds. The van der Waals surface area contributed by atoms with E-state index >= 15 is 0 Å². The molecule has 0 saturated heterocycles. The Morgan fingerprint density at radius 1 is 0.692 bits per heavy atom. The fraction of sp³-hybridized carbons (Fsp3) is 0.605. The summed E-state index contributed by atoms with van der Waals surface area (Å²) in [5.74, 6) is -8.35. The van der Waals surface area contributed by atoms with Crippen molar-refractivity contribution < 1.29 is 53.4 Å². The van der Waals surface area contributed by atoms with Crippen LogP contribution in [0.25, 0.3) is 10.9 Å². The first-order valence-electron chi connectivity index (χ1n) is 21.5. The van der Waals surface area contributed by atoms with E-state index in [1.54, 1.807) is 58.2 Å². The van der Waals surface area contributed by atoms with E-state index in [0.717, 1.165) is 10.9 Å². The number of carboxylic acids is 2. The van der Waals surface area contributed by atoms with Gasteiger partial charge in [0.1, 0.15) is 36.3 Å². The molecule has 0 radical (unpaired) electrons. The van der Waals surface area contributed by atoms with Gasteiger partial charge in [-0.05, 0) is 67.1 Å². The fourth-order valence-corrected chi connectivity index (χ4v) is 7.38. The molecule has 2 rings (SSSR count). The zero-order chi connectivity index (χ0) is 49.0. The highest BCUT2D eigenvalue weighted by Gasteiger charge is 2.35. The Morgan fingerprint density at radius 2 is 1.23 bits per heavy atom. The van der Waals surface area contributed by atoms with E-state index in [0.29, 0.717) is 17.7 Å². The quantitative estimate of drug-likeness (QED) is 0.0494. The number of para-hydroxylation sites is 1. The number of benzene rings is 1. The third-order valence-electron chi connectivity index (χ3n) is 10.1. The summed E-state index contributed by atoms with van der Waals surface area (Å²) < 4.78 is 0. The van der Waals surface area contributed by atoms with Gasteiger partial charge in [0.15, 0.2) is 0 Å². The molecule has 0 bridgehead atoms. The SMILES string of the molecule is CSCC[C@H](N)C(=O)NCC(=O)N[C@@H](CC(C)C)C(=O)N[C@H](C(=O)N[C@@H](CC(C)C)C(=O)N[C@@H](CCC(=O)O)C(=O)N[C@@H](Cc1c[nH]c2ccccc12)C(=O)N[C@@H](CS)C(=O)O)C(C)C. The highest BCUT2D eigenvalue weighted by Crippen LogP contribution is 2.20. The number of aliphatic carboxylic acids is 2. The van der Waals surface area contributed by atoms with Crippen LogP contribution in [0.5, 0.6) is 0 Å². The lowest BCUT2D eigenvalue weighted by Crippen LogP contribution is -2.60. The Morgan fingerprint density at radius 3 is 1.80 bits per heavy atom. The molecule has 1 aromatic carbocycles. The Hall–Kier alpha value is -5.35. The van der Waals surface area contributed by atoms with Crippen LogP contribution >= 0.6 is 24.4 Å². The second-order valence-electron chi connectivity index (χ2n) is 17.0. The minimum Gasteiger partial charge on any atom is -0.481 e. The molecule has 20 nitrogen and oxygen atoms in total. The number of thiol groups is 1. The number of nitrogens with two attached hydrogens (primary N) is 1. The van der Waals surface area contributed by atoms with Crippen molar-refractivity contribution in [2.24, 2.45) is 23.5 Å². The van der Waals surface area contributed by atoms with Gasteiger partial charge in [0, 0.05) is 35.7 Å². The number of amides is 7. The van der Waals surface area contributed by atoms with Crippen LogP contribution in [0.3, 0.4) is 0 Å². The first kappa shape index (κ1) is 55.8. The smallest absolute Gasteiger partial charge is 0.327 e. The van der Waals surface area contributed by atoms with Crippen molar-refractivity contribution in [1.29, 1.82) is 0 Å². The third kappa shape index (κ3) is 19.3. The van der Waals surface area contributed by atoms with E-state index in [4.69, 9.17) is 5.73 Å². The number of carbonyl (C=O) groups is 9. The van der Waals surface area contributed by atoms with Crippen molar-refractivity contribution in [1.82, 2.24) is 42.2 Å². The summed E-state index contributed by atoms with van der Waals surface area (Å²) in [5, 5.41) is 37.8. The van der Waals surface area contributed by atoms with E-state index in [1.807, 2.05) is 20.1 Å². The number of nitrogens with one attached hydrogen (secondary N) is 8. The molecule has 1 aromatic heterocycles. The van der Waals surface area contributed by atoms with E-state index in [-0.39, 0.29) is 36.9 Å². The van der Waals surface area contributed by atoms with Crippen LogP contribution in [0, 0.1) is 17.8 Å². The molecule has 0 saturated carbocycles. The van der Waals surface area contributed by atoms with Crippen molar-refractivity contribution in [3.05, 3.63) is 36.0 Å². The second kappa shape index (κ2) is 27.9. The summed E-state index contributed by atoms with van der Waals surface area (Å²) in [5.41, 5.74) is 7.22. The third-order valence-corrected chi connectivity index (χ3v) is 11.2. The molecule has 0 aliphatic carbocycles. The average molecular weight is 950 g/mol. The van der Waals surface area contributed by atoms with Crippen molar-refractivity contribution >= 4 is 88.6 Å². The molecule has 0 unspecified atom stereocenters. The summed E-state index contributed by atoms with van der Waals surface area (Å²) in [6.07, 6.45) is 3.03. The first-order chi connectivity index (χ1) is 30.6. The van der Waals surface area contributed by atoms with E-state index < -0.39 is 121 Å². The number of aromatic amines is 1. The second-order valence-corrected chi connectivity index (χ2v) is 18.3. The predicted molar refractivity (Wildman–Crippen MR) is 250 cm³/mol. The molecule has 7 atom stereocenters. The van der Waals surface area contributed by atoms with Crippen molar-refractivity contribution in [3.63, 3.8) is 0 Å². The molecule has 0 aliphatic rings. The number of hydrogen-bond donors (Lipinski definition) is 12. The van der Waals surface area contributed by atoms with Gasteiger partial charge < -0.3 is 58.1 Å². The predicted octanol–water partition coefficient (Wildman–Crippen LogP) is 0.443. The molecular weight excluding hydrogens is 883 g/mol. The van der Waals surface area contributed by atoms with Gasteiger partial charge in [-0.1, -0.05) is 59.7 Å². The number of carboxylic acid groups (broad SMARTS) is 2. The Labute approximate surface area is 389 Å². The summed E-state index contributed by atoms with van der Waals surface area (Å²) >= 11 is 5.54. The van der Waals surface area contributed by atoms with Gasteiger partial charge in [-0.2, -0.15) is 24.4 Å². The van der Waals surface area contributed by atoms with Gasteiger partial charge in [-0.15, -0.1) is 0 Å². The lowest BCUT2D eigenvalue weighted by molar-refractivity contribution is -0.141. The van der Waals surface area contributed by atoms with E-state index in [2.05, 4.69) is 54.8 Å². The number of carbonyl (C=O) groups excluding carboxylic acids is 7. The molecule has 0 fully saturated rings. The van der Waals surface area contributed by atoms with Crippen LogP contribution < -0.4 is 43.0 Å². The highest BCUT2D eigenvalue weighted by atomic mass is 32.2. The topological polar surface area (TPSA) is 320 Å². The van der Waals surface area contributed by atoms with Crippen LogP contribution in [0.15, 0.2) is 30.5 Å². The van der Waals surface area contributed by atoms with Gasteiger partial charge in [0.2, 0.25) is 41.4 Å². The van der Waals surface area contributed by atoms with E-state index in [1.165, 1.54) is 11.8 Å². The number of fused-ring (bicyclic) bond motifs is 1. The zero-order valence-electron chi connectivity index (χ0n) is 38.0. The summed E-state index contributed by atoms with van der Waals surface area (Å²) in [7, 11) is 0. The maximum Gasteiger partial charge on any atom is 0.327 e. The Balaban J connectivity index is 2.34. The number of aromatic nitrogens is 1. The van der Waals surface area contributed by atoms with Crippen LogP contribution in [0.4, 0.5) is 0 Å². The average Bonchev–Trinajstić information content (AvgIpc) is 3.64. The summed E-state index contributed by atoms with van der Waals surface area (Å²) in [6.45, 7) is 10.1. The minimum absolute atomic E-state index is 0.0498.